The average Bonchev–Trinajstić information content (AvgIpc) is 3.58. The summed E-state index contributed by atoms with van der Waals surface area (Å²) in [5, 5.41) is 11.8. The number of carbonyl (C=O) groups is 1. The zero-order chi connectivity index (χ0) is 23.7. The second kappa shape index (κ2) is 9.80. The maximum absolute atomic E-state index is 13.1. The summed E-state index contributed by atoms with van der Waals surface area (Å²) >= 11 is 6.30. The Labute approximate surface area is 205 Å². The number of fused-ring (bicyclic) bond motifs is 1. The molecule has 0 saturated heterocycles. The molecule has 1 aromatic heterocycles. The minimum atomic E-state index is -0.183. The molecule has 5 rings (SSSR count). The van der Waals surface area contributed by atoms with Gasteiger partial charge in [-0.05, 0) is 79.3 Å². The Morgan fingerprint density at radius 3 is 2.85 bits per heavy atom. The van der Waals surface area contributed by atoms with E-state index in [9.17, 15) is 4.79 Å². The Morgan fingerprint density at radius 2 is 2.06 bits per heavy atom. The van der Waals surface area contributed by atoms with Gasteiger partial charge in [-0.25, -0.2) is 0 Å². The van der Waals surface area contributed by atoms with Gasteiger partial charge in [-0.3, -0.25) is 9.48 Å². The number of nitrogens with zero attached hydrogens (tertiary/aromatic N) is 2. The van der Waals surface area contributed by atoms with Crippen molar-refractivity contribution >= 4 is 23.2 Å². The van der Waals surface area contributed by atoms with Gasteiger partial charge in [-0.1, -0.05) is 31.5 Å². The summed E-state index contributed by atoms with van der Waals surface area (Å²) in [7, 11) is 0. The molecule has 2 N–H and O–H groups in total. The zero-order valence-electron chi connectivity index (χ0n) is 19.7. The van der Waals surface area contributed by atoms with Crippen LogP contribution in [-0.2, 0) is 19.5 Å². The second-order valence-corrected chi connectivity index (χ2v) is 10.1. The topological polar surface area (TPSA) is 68.2 Å². The first-order valence-corrected chi connectivity index (χ1v) is 12.5. The summed E-state index contributed by atoms with van der Waals surface area (Å²) in [6.45, 7) is 7.24. The number of amides is 1. The molecule has 178 valence electrons. The van der Waals surface area contributed by atoms with Gasteiger partial charge in [0.2, 0.25) is 0 Å². The number of carbonyl (C=O) groups excluding carboxylic acids is 1. The fraction of sp³-hybridized carbons (Fsp3) is 0.407. The predicted octanol–water partition coefficient (Wildman–Crippen LogP) is 5.40. The summed E-state index contributed by atoms with van der Waals surface area (Å²) in [4.78, 5) is 13.1. The largest absolute Gasteiger partial charge is 0.493 e. The van der Waals surface area contributed by atoms with Crippen molar-refractivity contribution in [2.24, 2.45) is 5.92 Å². The van der Waals surface area contributed by atoms with Gasteiger partial charge in [-0.2, -0.15) is 5.10 Å². The van der Waals surface area contributed by atoms with Crippen molar-refractivity contribution in [3.8, 4) is 5.75 Å². The molecule has 2 aliphatic rings. The van der Waals surface area contributed by atoms with Crippen LogP contribution < -0.4 is 15.4 Å². The van der Waals surface area contributed by atoms with E-state index in [2.05, 4.69) is 36.6 Å². The molecule has 2 aromatic carbocycles. The van der Waals surface area contributed by atoms with Crippen LogP contribution >= 0.6 is 11.6 Å². The molecule has 34 heavy (non-hydrogen) atoms. The van der Waals surface area contributed by atoms with Crippen LogP contribution in [0.2, 0.25) is 5.02 Å². The molecule has 6 nitrogen and oxygen atoms in total. The van der Waals surface area contributed by atoms with Gasteiger partial charge in [0.05, 0.1) is 13.2 Å². The van der Waals surface area contributed by atoms with Gasteiger partial charge < -0.3 is 15.4 Å². The number of benzene rings is 2. The van der Waals surface area contributed by atoms with E-state index in [1.54, 1.807) is 0 Å². The molecular weight excluding hydrogens is 448 g/mol. The Morgan fingerprint density at radius 1 is 1.21 bits per heavy atom. The summed E-state index contributed by atoms with van der Waals surface area (Å²) < 4.78 is 7.98. The summed E-state index contributed by atoms with van der Waals surface area (Å²) in [6.07, 6.45) is 3.22. The highest BCUT2D eigenvalue weighted by molar-refractivity contribution is 6.30. The minimum absolute atomic E-state index is 0.183. The number of hydrogen-bond acceptors (Lipinski definition) is 4. The summed E-state index contributed by atoms with van der Waals surface area (Å²) in [5.74, 6) is 1.50. The predicted molar refractivity (Wildman–Crippen MR) is 135 cm³/mol. The Kier molecular flexibility index (Phi) is 6.61. The van der Waals surface area contributed by atoms with Crippen molar-refractivity contribution in [2.75, 3.05) is 18.5 Å². The molecule has 1 aliphatic heterocycles. The van der Waals surface area contributed by atoms with E-state index in [0.717, 1.165) is 55.0 Å². The van der Waals surface area contributed by atoms with E-state index in [1.165, 1.54) is 11.1 Å². The molecule has 1 fully saturated rings. The van der Waals surface area contributed by atoms with Gasteiger partial charge in [0.15, 0.2) is 5.69 Å². The van der Waals surface area contributed by atoms with E-state index in [1.807, 2.05) is 35.0 Å². The molecule has 1 aliphatic carbocycles. The first-order chi connectivity index (χ1) is 16.5. The summed E-state index contributed by atoms with van der Waals surface area (Å²) in [5.41, 5.74) is 5.89. The fourth-order valence-corrected chi connectivity index (χ4v) is 4.55. The maximum atomic E-state index is 13.1. The monoisotopic (exact) mass is 478 g/mol. The Bertz CT molecular complexity index is 1200. The lowest BCUT2D eigenvalue weighted by atomic mass is 10.0. The quantitative estimate of drug-likeness (QED) is 0.455. The fourth-order valence-electron chi connectivity index (χ4n) is 4.36. The molecule has 3 aromatic rings. The molecule has 0 unspecified atom stereocenters. The number of hydrogen-bond donors (Lipinski definition) is 2. The highest BCUT2D eigenvalue weighted by Crippen LogP contribution is 2.41. The van der Waals surface area contributed by atoms with Gasteiger partial charge in [0, 0.05) is 34.4 Å². The number of nitrogens with one attached hydrogen (secondary N) is 2. The van der Waals surface area contributed by atoms with Gasteiger partial charge in [-0.15, -0.1) is 0 Å². The van der Waals surface area contributed by atoms with E-state index >= 15 is 0 Å². The smallest absolute Gasteiger partial charge is 0.276 e. The molecule has 7 heteroatoms. The lowest BCUT2D eigenvalue weighted by Crippen LogP contribution is -2.23. The van der Waals surface area contributed by atoms with Crippen molar-refractivity contribution in [3.63, 3.8) is 0 Å². The van der Waals surface area contributed by atoms with E-state index < -0.39 is 0 Å². The molecule has 0 atom stereocenters. The summed E-state index contributed by atoms with van der Waals surface area (Å²) in [6, 6.07) is 13.8. The molecule has 0 spiro atoms. The van der Waals surface area contributed by atoms with Crippen LogP contribution in [0, 0.1) is 5.92 Å². The highest BCUT2D eigenvalue weighted by atomic mass is 35.5. The average molecular weight is 479 g/mol. The lowest BCUT2D eigenvalue weighted by Gasteiger charge is -2.17. The van der Waals surface area contributed by atoms with Crippen molar-refractivity contribution in [1.82, 2.24) is 15.1 Å². The van der Waals surface area contributed by atoms with Crippen molar-refractivity contribution in [3.05, 3.63) is 75.6 Å². The van der Waals surface area contributed by atoms with Crippen LogP contribution in [0.5, 0.6) is 5.75 Å². The lowest BCUT2D eigenvalue weighted by molar-refractivity contribution is 0.102. The molecule has 0 radical (unpaired) electrons. The Balaban J connectivity index is 1.37. The third kappa shape index (κ3) is 5.29. The molecule has 1 amide bonds. The van der Waals surface area contributed by atoms with Crippen LogP contribution in [-0.4, -0.2) is 28.8 Å². The van der Waals surface area contributed by atoms with Gasteiger partial charge in [0.25, 0.3) is 5.91 Å². The van der Waals surface area contributed by atoms with Crippen molar-refractivity contribution in [2.45, 2.75) is 52.1 Å². The zero-order valence-corrected chi connectivity index (χ0v) is 20.5. The van der Waals surface area contributed by atoms with Crippen LogP contribution in [0.15, 0.2) is 42.5 Å². The van der Waals surface area contributed by atoms with Crippen LogP contribution in [0.4, 0.5) is 5.69 Å². The number of halogens is 1. The molecule has 2 heterocycles. The highest BCUT2D eigenvalue weighted by Gasteiger charge is 2.29. The molecule has 1 saturated carbocycles. The van der Waals surface area contributed by atoms with Crippen LogP contribution in [0.1, 0.15) is 65.5 Å². The minimum Gasteiger partial charge on any atom is -0.493 e. The molecular formula is C27H31ClN4O2. The molecule has 0 bridgehead atoms. The maximum Gasteiger partial charge on any atom is 0.276 e. The second-order valence-electron chi connectivity index (χ2n) is 9.71. The van der Waals surface area contributed by atoms with Crippen molar-refractivity contribution < 1.29 is 9.53 Å². The van der Waals surface area contributed by atoms with Crippen LogP contribution in [0.25, 0.3) is 0 Å². The third-order valence-electron chi connectivity index (χ3n) is 6.30. The standard InChI is InChI=1S/C27H31ClN4O2/c1-17(2)16-34-26-8-6-22(28)11-21(26)15-32-25(18-3-4-18)13-24(31-32)27(33)30-23-7-5-20-14-29-10-9-19(20)12-23/h5-8,11-13,17-18,29H,3-4,9-10,14-16H2,1-2H3,(H,30,33). The van der Waals surface area contributed by atoms with Crippen molar-refractivity contribution in [1.29, 1.82) is 0 Å². The normalized spacial score (nSPS) is 15.3. The van der Waals surface area contributed by atoms with E-state index in [-0.39, 0.29) is 5.91 Å². The number of rotatable bonds is 8. The van der Waals surface area contributed by atoms with Crippen LogP contribution in [0.3, 0.4) is 0 Å². The van der Waals surface area contributed by atoms with E-state index in [4.69, 9.17) is 21.4 Å². The van der Waals surface area contributed by atoms with E-state index in [0.29, 0.717) is 35.7 Å². The van der Waals surface area contributed by atoms with Gasteiger partial charge >= 0.3 is 0 Å². The SMILES string of the molecule is CC(C)COc1ccc(Cl)cc1Cn1nc(C(=O)Nc2ccc3c(c2)CCNC3)cc1C1CC1. The Hall–Kier alpha value is -2.83. The number of ether oxygens (including phenoxy) is 1. The first kappa shape index (κ1) is 22.9. The first-order valence-electron chi connectivity index (χ1n) is 12.1. The third-order valence-corrected chi connectivity index (χ3v) is 6.54. The number of anilines is 1. The number of aromatic nitrogens is 2. The van der Waals surface area contributed by atoms with Gasteiger partial charge in [0.1, 0.15) is 5.75 Å².